The monoisotopic (exact) mass is 298 g/mol. The van der Waals surface area contributed by atoms with Crippen molar-refractivity contribution < 1.29 is 0 Å². The van der Waals surface area contributed by atoms with Crippen molar-refractivity contribution in [1.82, 2.24) is 9.97 Å². The van der Waals surface area contributed by atoms with Crippen LogP contribution in [0.1, 0.15) is 0 Å². The summed E-state index contributed by atoms with van der Waals surface area (Å²) in [6, 6.07) is 5.50. The Kier molecular flexibility index (Phi) is 3.26. The van der Waals surface area contributed by atoms with Gasteiger partial charge in [0.25, 0.3) is 0 Å². The number of nitrogens with one attached hydrogen (secondary N) is 1. The van der Waals surface area contributed by atoms with Gasteiger partial charge in [-0.15, -0.1) is 0 Å². The zero-order chi connectivity index (χ0) is 11.5. The van der Waals surface area contributed by atoms with Gasteiger partial charge < -0.3 is 11.1 Å². The van der Waals surface area contributed by atoms with E-state index in [9.17, 15) is 0 Å². The molecule has 0 aliphatic carbocycles. The number of nitrogens with two attached hydrogens (primary N) is 1. The van der Waals surface area contributed by atoms with Crippen LogP contribution in [0.3, 0.4) is 0 Å². The first-order valence-electron chi connectivity index (χ1n) is 4.45. The average molecular weight is 300 g/mol. The van der Waals surface area contributed by atoms with E-state index in [4.69, 9.17) is 17.3 Å². The van der Waals surface area contributed by atoms with Gasteiger partial charge in [-0.1, -0.05) is 27.5 Å². The first-order valence-corrected chi connectivity index (χ1v) is 5.62. The first kappa shape index (κ1) is 11.2. The summed E-state index contributed by atoms with van der Waals surface area (Å²) in [5.74, 6) is 0.913. The van der Waals surface area contributed by atoms with Crippen molar-refractivity contribution in [3.05, 3.63) is 40.1 Å². The highest BCUT2D eigenvalue weighted by Crippen LogP contribution is 2.27. The van der Waals surface area contributed by atoms with E-state index >= 15 is 0 Å². The van der Waals surface area contributed by atoms with Gasteiger partial charge in [-0.05, 0) is 18.2 Å². The van der Waals surface area contributed by atoms with Gasteiger partial charge in [-0.3, -0.25) is 4.98 Å². The average Bonchev–Trinajstić information content (AvgIpc) is 2.24. The lowest BCUT2D eigenvalue weighted by molar-refractivity contribution is 1.21. The molecule has 82 valence electrons. The van der Waals surface area contributed by atoms with Crippen molar-refractivity contribution in [3.8, 4) is 0 Å². The van der Waals surface area contributed by atoms with Gasteiger partial charge in [0.15, 0.2) is 5.82 Å². The Bertz CT molecular complexity index is 518. The van der Waals surface area contributed by atoms with E-state index in [-0.39, 0.29) is 0 Å². The summed E-state index contributed by atoms with van der Waals surface area (Å²) >= 11 is 9.39. The highest BCUT2D eigenvalue weighted by Gasteiger charge is 2.02. The Hall–Kier alpha value is -1.33. The molecule has 1 heterocycles. The molecule has 2 aromatic rings. The molecule has 1 aromatic carbocycles. The molecule has 0 fully saturated rings. The molecule has 0 spiro atoms. The van der Waals surface area contributed by atoms with Crippen LogP contribution in [0.2, 0.25) is 5.02 Å². The molecule has 0 atom stereocenters. The van der Waals surface area contributed by atoms with Crippen LogP contribution in [-0.2, 0) is 0 Å². The van der Waals surface area contributed by atoms with Crippen LogP contribution in [-0.4, -0.2) is 9.97 Å². The molecular formula is C10H8BrClN4. The second kappa shape index (κ2) is 4.67. The maximum absolute atomic E-state index is 6.02. The Morgan fingerprint density at radius 2 is 2.12 bits per heavy atom. The standard InChI is InChI=1S/C10H8BrClN4/c11-6-1-2-7(12)8(3-6)15-10-5-14-4-9(13)16-10/h1-5H,(H3,13,15,16). The fraction of sp³-hybridized carbons (Fsp3) is 0. The SMILES string of the molecule is Nc1cncc(Nc2cc(Br)ccc2Cl)n1. The molecule has 1 aromatic heterocycles. The maximum Gasteiger partial charge on any atom is 0.151 e. The van der Waals surface area contributed by atoms with Crippen LogP contribution < -0.4 is 11.1 Å². The third kappa shape index (κ3) is 2.62. The number of benzene rings is 1. The third-order valence-electron chi connectivity index (χ3n) is 1.84. The lowest BCUT2D eigenvalue weighted by Gasteiger charge is -2.07. The molecular weight excluding hydrogens is 291 g/mol. The highest BCUT2D eigenvalue weighted by molar-refractivity contribution is 9.10. The fourth-order valence-corrected chi connectivity index (χ4v) is 1.70. The van der Waals surface area contributed by atoms with Gasteiger partial charge in [0, 0.05) is 4.47 Å². The number of aromatic nitrogens is 2. The first-order chi connectivity index (χ1) is 7.65. The molecule has 0 saturated heterocycles. The smallest absolute Gasteiger partial charge is 0.151 e. The van der Waals surface area contributed by atoms with E-state index in [1.165, 1.54) is 6.20 Å². The van der Waals surface area contributed by atoms with Gasteiger partial charge >= 0.3 is 0 Å². The van der Waals surface area contributed by atoms with Gasteiger partial charge in [0.2, 0.25) is 0 Å². The van der Waals surface area contributed by atoms with Crippen molar-refractivity contribution in [2.24, 2.45) is 0 Å². The van der Waals surface area contributed by atoms with Gasteiger partial charge in [0.05, 0.1) is 23.1 Å². The summed E-state index contributed by atoms with van der Waals surface area (Å²) in [5, 5.41) is 3.64. The molecule has 0 aliphatic heterocycles. The molecule has 0 amide bonds. The van der Waals surface area contributed by atoms with E-state index in [0.717, 1.165) is 10.2 Å². The highest BCUT2D eigenvalue weighted by atomic mass is 79.9. The molecule has 0 aliphatic rings. The number of hydrogen-bond acceptors (Lipinski definition) is 4. The van der Waals surface area contributed by atoms with E-state index < -0.39 is 0 Å². The Labute approximate surface area is 106 Å². The van der Waals surface area contributed by atoms with Gasteiger partial charge in [0.1, 0.15) is 5.82 Å². The molecule has 2 rings (SSSR count). The zero-order valence-electron chi connectivity index (χ0n) is 8.11. The molecule has 0 radical (unpaired) electrons. The van der Waals surface area contributed by atoms with Crippen molar-refractivity contribution in [3.63, 3.8) is 0 Å². The van der Waals surface area contributed by atoms with Crippen molar-refractivity contribution in [1.29, 1.82) is 0 Å². The number of nitrogens with zero attached hydrogens (tertiary/aromatic N) is 2. The van der Waals surface area contributed by atoms with Crippen LogP contribution in [0, 0.1) is 0 Å². The minimum Gasteiger partial charge on any atom is -0.382 e. The van der Waals surface area contributed by atoms with Gasteiger partial charge in [-0.2, -0.15) is 0 Å². The number of halogens is 2. The van der Waals surface area contributed by atoms with Crippen LogP contribution in [0.25, 0.3) is 0 Å². The Balaban J connectivity index is 2.30. The number of rotatable bonds is 2. The van der Waals surface area contributed by atoms with E-state index in [1.807, 2.05) is 12.1 Å². The normalized spacial score (nSPS) is 10.1. The summed E-state index contributed by atoms with van der Waals surface area (Å²) in [5.41, 5.74) is 6.27. The molecule has 0 unspecified atom stereocenters. The largest absolute Gasteiger partial charge is 0.382 e. The molecule has 0 saturated carbocycles. The predicted octanol–water partition coefficient (Wildman–Crippen LogP) is 3.22. The van der Waals surface area contributed by atoms with Crippen LogP contribution in [0.4, 0.5) is 17.3 Å². The number of hydrogen-bond donors (Lipinski definition) is 2. The summed E-state index contributed by atoms with van der Waals surface area (Å²) in [6.45, 7) is 0. The summed E-state index contributed by atoms with van der Waals surface area (Å²) < 4.78 is 0.927. The summed E-state index contributed by atoms with van der Waals surface area (Å²) in [4.78, 5) is 8.00. The van der Waals surface area contributed by atoms with Crippen LogP contribution in [0.15, 0.2) is 35.1 Å². The van der Waals surface area contributed by atoms with Crippen LogP contribution in [0.5, 0.6) is 0 Å². The maximum atomic E-state index is 6.02. The van der Waals surface area contributed by atoms with Crippen LogP contribution >= 0.6 is 27.5 Å². The van der Waals surface area contributed by atoms with E-state index in [2.05, 4.69) is 31.2 Å². The van der Waals surface area contributed by atoms with Crippen molar-refractivity contribution in [2.45, 2.75) is 0 Å². The summed E-state index contributed by atoms with van der Waals surface area (Å²) in [7, 11) is 0. The summed E-state index contributed by atoms with van der Waals surface area (Å²) in [6.07, 6.45) is 3.06. The number of nitrogen functional groups attached to an aromatic ring is 1. The Morgan fingerprint density at radius 3 is 2.88 bits per heavy atom. The molecule has 6 heteroatoms. The lowest BCUT2D eigenvalue weighted by Crippen LogP contribution is -1.98. The van der Waals surface area contributed by atoms with E-state index in [0.29, 0.717) is 16.7 Å². The molecule has 3 N–H and O–H groups in total. The minimum absolute atomic E-state index is 0.358. The third-order valence-corrected chi connectivity index (χ3v) is 2.67. The number of anilines is 3. The molecule has 16 heavy (non-hydrogen) atoms. The fourth-order valence-electron chi connectivity index (χ4n) is 1.17. The lowest BCUT2D eigenvalue weighted by atomic mass is 10.3. The molecule has 0 bridgehead atoms. The second-order valence-electron chi connectivity index (χ2n) is 3.08. The predicted molar refractivity (Wildman–Crippen MR) is 68.9 cm³/mol. The van der Waals surface area contributed by atoms with E-state index in [1.54, 1.807) is 12.3 Å². The zero-order valence-corrected chi connectivity index (χ0v) is 10.5. The quantitative estimate of drug-likeness (QED) is 0.893. The van der Waals surface area contributed by atoms with Crippen molar-refractivity contribution in [2.75, 3.05) is 11.1 Å². The van der Waals surface area contributed by atoms with Gasteiger partial charge in [-0.25, -0.2) is 4.98 Å². The van der Waals surface area contributed by atoms with Crippen molar-refractivity contribution >= 4 is 44.9 Å². The molecule has 4 nitrogen and oxygen atoms in total. The Morgan fingerprint density at radius 1 is 1.31 bits per heavy atom. The minimum atomic E-state index is 0.358. The second-order valence-corrected chi connectivity index (χ2v) is 4.40. The topological polar surface area (TPSA) is 63.8 Å².